The molecule has 14 heavy (non-hydrogen) atoms. The zero-order valence-corrected chi connectivity index (χ0v) is 8.81. The van der Waals surface area contributed by atoms with Gasteiger partial charge in [0.15, 0.2) is 5.69 Å². The Morgan fingerprint density at radius 2 is 2.21 bits per heavy atom. The predicted octanol–water partition coefficient (Wildman–Crippen LogP) is 2.87. The highest BCUT2D eigenvalue weighted by atomic mass is 79.9. The van der Waals surface area contributed by atoms with E-state index in [1.807, 2.05) is 0 Å². The fraction of sp³-hybridized carbons (Fsp3) is 0.143. The lowest BCUT2D eigenvalue weighted by molar-refractivity contribution is 0.107. The Hall–Kier alpha value is -0.750. The molecule has 1 N–H and O–H groups in total. The van der Waals surface area contributed by atoms with Crippen molar-refractivity contribution in [3.8, 4) is 5.75 Å². The van der Waals surface area contributed by atoms with Crippen molar-refractivity contribution in [1.82, 2.24) is 4.98 Å². The molecule has 76 valence electrons. The van der Waals surface area contributed by atoms with Crippen molar-refractivity contribution in [3.05, 3.63) is 21.9 Å². The van der Waals surface area contributed by atoms with Crippen molar-refractivity contribution in [3.63, 3.8) is 0 Å². The Balaban J connectivity index is 3.31. The van der Waals surface area contributed by atoms with Crippen LogP contribution in [-0.2, 0) is 0 Å². The number of carbonyl (C=O) groups is 1. The second-order valence-corrected chi connectivity index (χ2v) is 3.40. The summed E-state index contributed by atoms with van der Waals surface area (Å²) in [4.78, 5) is 14.0. The van der Waals surface area contributed by atoms with Crippen LogP contribution in [-0.4, -0.2) is 15.3 Å². The van der Waals surface area contributed by atoms with E-state index in [1.54, 1.807) is 0 Å². The first kappa shape index (κ1) is 11.3. The van der Waals surface area contributed by atoms with Gasteiger partial charge in [-0.3, -0.25) is 4.79 Å². The molecule has 1 rings (SSSR count). The molecule has 0 aliphatic rings. The molecule has 0 amide bonds. The first-order valence-corrected chi connectivity index (χ1v) is 4.48. The second kappa shape index (κ2) is 4.18. The third-order valence-electron chi connectivity index (χ3n) is 1.40. The highest BCUT2D eigenvalue weighted by molar-refractivity contribution is 9.10. The number of hydrogen-bond acceptors (Lipinski definition) is 3. The second-order valence-electron chi connectivity index (χ2n) is 2.31. The van der Waals surface area contributed by atoms with Crippen molar-refractivity contribution >= 4 is 32.8 Å². The molecule has 7 heteroatoms. The minimum atomic E-state index is -2.79. The number of halogens is 4. The number of aromatic nitrogens is 1. The van der Waals surface area contributed by atoms with Crippen molar-refractivity contribution in [2.45, 2.75) is 6.43 Å². The van der Waals surface area contributed by atoms with Crippen molar-refractivity contribution < 1.29 is 18.7 Å². The normalized spacial score (nSPS) is 10.6. The van der Waals surface area contributed by atoms with Crippen LogP contribution in [0.3, 0.4) is 0 Å². The largest absolute Gasteiger partial charge is 0.505 e. The van der Waals surface area contributed by atoms with Gasteiger partial charge in [0.25, 0.3) is 11.7 Å². The van der Waals surface area contributed by atoms with Gasteiger partial charge in [0, 0.05) is 0 Å². The number of hydrogen-bond donors (Lipinski definition) is 1. The lowest BCUT2D eigenvalue weighted by atomic mass is 10.2. The monoisotopic (exact) mass is 285 g/mol. The van der Waals surface area contributed by atoms with E-state index < -0.39 is 28.7 Å². The van der Waals surface area contributed by atoms with Gasteiger partial charge in [0.1, 0.15) is 10.4 Å². The number of pyridine rings is 1. The Morgan fingerprint density at radius 1 is 1.64 bits per heavy atom. The van der Waals surface area contributed by atoms with Crippen LogP contribution in [0.4, 0.5) is 8.78 Å². The molecule has 0 saturated heterocycles. The van der Waals surface area contributed by atoms with E-state index in [4.69, 9.17) is 16.7 Å². The van der Waals surface area contributed by atoms with Crippen LogP contribution < -0.4 is 0 Å². The lowest BCUT2D eigenvalue weighted by Crippen LogP contribution is -1.99. The van der Waals surface area contributed by atoms with Gasteiger partial charge in [-0.25, -0.2) is 13.8 Å². The van der Waals surface area contributed by atoms with E-state index in [1.165, 1.54) is 0 Å². The Labute approximate surface area is 90.8 Å². The molecule has 0 saturated carbocycles. The smallest absolute Gasteiger partial charge is 0.274 e. The molecule has 0 atom stereocenters. The summed E-state index contributed by atoms with van der Waals surface area (Å²) >= 11 is 7.78. The summed E-state index contributed by atoms with van der Waals surface area (Å²) in [5.41, 5.74) is -0.952. The van der Waals surface area contributed by atoms with Gasteiger partial charge in [0.05, 0.1) is 5.56 Å². The molecule has 0 aliphatic carbocycles. The van der Waals surface area contributed by atoms with Crippen LogP contribution in [0.5, 0.6) is 5.75 Å². The summed E-state index contributed by atoms with van der Waals surface area (Å²) in [6.45, 7) is 0. The van der Waals surface area contributed by atoms with Crippen molar-refractivity contribution in [1.29, 1.82) is 0 Å². The molecular weight excluding hydrogens is 283 g/mol. The number of aromatic hydroxyl groups is 1. The summed E-state index contributed by atoms with van der Waals surface area (Å²) < 4.78 is 24.3. The van der Waals surface area contributed by atoms with E-state index in [2.05, 4.69) is 20.9 Å². The highest BCUT2D eigenvalue weighted by Crippen LogP contribution is 2.30. The van der Waals surface area contributed by atoms with Gasteiger partial charge < -0.3 is 5.11 Å². The predicted molar refractivity (Wildman–Crippen MR) is 48.7 cm³/mol. The summed E-state index contributed by atoms with van der Waals surface area (Å²) in [6, 6.07) is 0.747. The molecule has 0 unspecified atom stereocenters. The summed E-state index contributed by atoms with van der Waals surface area (Å²) in [7, 11) is 0. The van der Waals surface area contributed by atoms with E-state index in [-0.39, 0.29) is 4.60 Å². The van der Waals surface area contributed by atoms with E-state index in [0.717, 1.165) is 6.07 Å². The Morgan fingerprint density at radius 3 is 2.64 bits per heavy atom. The van der Waals surface area contributed by atoms with Crippen LogP contribution in [0.1, 0.15) is 22.5 Å². The zero-order chi connectivity index (χ0) is 10.9. The number of rotatable bonds is 2. The van der Waals surface area contributed by atoms with Gasteiger partial charge in [-0.1, -0.05) is 0 Å². The summed E-state index contributed by atoms with van der Waals surface area (Å²) in [5, 5.41) is 8.10. The molecule has 0 spiro atoms. The molecule has 1 heterocycles. The molecule has 0 aromatic carbocycles. The minimum Gasteiger partial charge on any atom is -0.505 e. The standard InChI is InChI=1S/C7H3BrClF2NO2/c8-5-2(7(10)11)1-3(13)4(12-5)6(9)14/h1,7,13H. The first-order chi connectivity index (χ1) is 6.43. The van der Waals surface area contributed by atoms with Crippen LogP contribution in [0.2, 0.25) is 0 Å². The maximum Gasteiger partial charge on any atom is 0.274 e. The molecule has 0 aliphatic heterocycles. The Bertz CT molecular complexity index is 386. The molecular formula is C7H3BrClF2NO2. The lowest BCUT2D eigenvalue weighted by Gasteiger charge is -2.05. The minimum absolute atomic E-state index is 0.214. The van der Waals surface area contributed by atoms with Gasteiger partial charge in [-0.2, -0.15) is 0 Å². The van der Waals surface area contributed by atoms with E-state index >= 15 is 0 Å². The maximum absolute atomic E-state index is 12.2. The van der Waals surface area contributed by atoms with Crippen LogP contribution in [0, 0.1) is 0 Å². The number of alkyl halides is 2. The van der Waals surface area contributed by atoms with Crippen molar-refractivity contribution in [2.24, 2.45) is 0 Å². The van der Waals surface area contributed by atoms with E-state index in [0.29, 0.717) is 0 Å². The van der Waals surface area contributed by atoms with Crippen LogP contribution in [0.25, 0.3) is 0 Å². The number of carbonyl (C=O) groups excluding carboxylic acids is 1. The van der Waals surface area contributed by atoms with E-state index in [9.17, 15) is 13.6 Å². The number of nitrogens with zero attached hydrogens (tertiary/aromatic N) is 1. The first-order valence-electron chi connectivity index (χ1n) is 3.31. The third-order valence-corrected chi connectivity index (χ3v) is 2.22. The molecule has 0 radical (unpaired) electrons. The van der Waals surface area contributed by atoms with Gasteiger partial charge >= 0.3 is 0 Å². The van der Waals surface area contributed by atoms with Crippen LogP contribution in [0.15, 0.2) is 10.7 Å². The van der Waals surface area contributed by atoms with Gasteiger partial charge in [-0.05, 0) is 33.6 Å². The average molecular weight is 286 g/mol. The quantitative estimate of drug-likeness (QED) is 0.672. The van der Waals surface area contributed by atoms with Gasteiger partial charge in [-0.15, -0.1) is 0 Å². The SMILES string of the molecule is O=C(Cl)c1nc(Br)c(C(F)F)cc1O. The molecule has 0 fully saturated rings. The average Bonchev–Trinajstić information content (AvgIpc) is 2.07. The topological polar surface area (TPSA) is 50.2 Å². The fourth-order valence-electron chi connectivity index (χ4n) is 0.793. The zero-order valence-electron chi connectivity index (χ0n) is 6.47. The van der Waals surface area contributed by atoms with Crippen LogP contribution >= 0.6 is 27.5 Å². The molecule has 1 aromatic rings. The molecule has 1 aromatic heterocycles. The summed E-state index contributed by atoms with van der Waals surface area (Å²) in [5.74, 6) is -0.663. The van der Waals surface area contributed by atoms with Crippen molar-refractivity contribution in [2.75, 3.05) is 0 Å². The fourth-order valence-corrected chi connectivity index (χ4v) is 1.40. The van der Waals surface area contributed by atoms with Gasteiger partial charge in [0.2, 0.25) is 0 Å². The molecule has 3 nitrogen and oxygen atoms in total. The maximum atomic E-state index is 12.2. The third kappa shape index (κ3) is 2.19. The highest BCUT2D eigenvalue weighted by Gasteiger charge is 2.19. The summed E-state index contributed by atoms with van der Waals surface area (Å²) in [6.07, 6.45) is -2.79. The molecule has 0 bridgehead atoms. The Kier molecular flexibility index (Phi) is 3.38.